The van der Waals surface area contributed by atoms with Crippen LogP contribution in [0.15, 0.2) is 29.2 Å². The number of fused-ring (bicyclic) bond motifs is 1. The highest BCUT2D eigenvalue weighted by molar-refractivity contribution is 7.99. The van der Waals surface area contributed by atoms with Gasteiger partial charge in [0.05, 0.1) is 18.4 Å². The zero-order chi connectivity index (χ0) is 17.9. The first-order chi connectivity index (χ1) is 12.0. The SMILES string of the molecule is CC1OC(C)(C(=O)O)OCC1CCCCN1CCSc2ccccc21. The van der Waals surface area contributed by atoms with Gasteiger partial charge in [-0.25, -0.2) is 4.79 Å². The van der Waals surface area contributed by atoms with Gasteiger partial charge in [-0.3, -0.25) is 0 Å². The smallest absolute Gasteiger partial charge is 0.364 e. The van der Waals surface area contributed by atoms with E-state index < -0.39 is 11.8 Å². The predicted molar refractivity (Wildman–Crippen MR) is 99.3 cm³/mol. The number of carbonyl (C=O) groups is 1. The van der Waals surface area contributed by atoms with Gasteiger partial charge in [0.15, 0.2) is 0 Å². The molecule has 0 radical (unpaired) electrons. The van der Waals surface area contributed by atoms with Crippen LogP contribution in [0, 0.1) is 5.92 Å². The average Bonchev–Trinajstić information content (AvgIpc) is 2.60. The number of carboxylic acid groups (broad SMARTS) is 1. The molecular weight excluding hydrogens is 338 g/mol. The van der Waals surface area contributed by atoms with E-state index in [4.69, 9.17) is 9.47 Å². The van der Waals surface area contributed by atoms with Crippen LogP contribution in [0.25, 0.3) is 0 Å². The molecule has 0 amide bonds. The molecule has 2 heterocycles. The monoisotopic (exact) mass is 365 g/mol. The number of thioether (sulfide) groups is 1. The van der Waals surface area contributed by atoms with Gasteiger partial charge in [0, 0.05) is 36.6 Å². The second kappa shape index (κ2) is 7.98. The van der Waals surface area contributed by atoms with E-state index in [1.807, 2.05) is 18.7 Å². The molecule has 0 bridgehead atoms. The number of para-hydroxylation sites is 1. The fraction of sp³-hybridized carbons (Fsp3) is 0.632. The Morgan fingerprint density at radius 2 is 2.20 bits per heavy atom. The van der Waals surface area contributed by atoms with Crippen molar-refractivity contribution in [3.8, 4) is 0 Å². The summed E-state index contributed by atoms with van der Waals surface area (Å²) in [6.07, 6.45) is 3.12. The van der Waals surface area contributed by atoms with Crippen molar-refractivity contribution in [1.29, 1.82) is 0 Å². The quantitative estimate of drug-likeness (QED) is 0.777. The molecule has 1 N–H and O–H groups in total. The highest BCUT2D eigenvalue weighted by Gasteiger charge is 2.43. The Balaban J connectivity index is 1.43. The number of benzene rings is 1. The van der Waals surface area contributed by atoms with Gasteiger partial charge in [-0.1, -0.05) is 18.6 Å². The lowest BCUT2D eigenvalue weighted by Gasteiger charge is -2.39. The number of carboxylic acids is 1. The van der Waals surface area contributed by atoms with Gasteiger partial charge in [-0.2, -0.15) is 0 Å². The van der Waals surface area contributed by atoms with Crippen molar-refractivity contribution in [2.45, 2.75) is 49.9 Å². The highest BCUT2D eigenvalue weighted by atomic mass is 32.2. The van der Waals surface area contributed by atoms with Crippen LogP contribution in [0.4, 0.5) is 5.69 Å². The topological polar surface area (TPSA) is 59.0 Å². The fourth-order valence-corrected chi connectivity index (χ4v) is 4.54. The van der Waals surface area contributed by atoms with E-state index in [0.717, 1.165) is 38.1 Å². The largest absolute Gasteiger partial charge is 0.477 e. The molecule has 5 nitrogen and oxygen atoms in total. The predicted octanol–water partition coefficient (Wildman–Crippen LogP) is 3.62. The third-order valence-electron chi connectivity index (χ3n) is 5.11. The Labute approximate surface area is 153 Å². The molecule has 1 aromatic carbocycles. The van der Waals surface area contributed by atoms with Crippen LogP contribution in [0.5, 0.6) is 0 Å². The number of hydrogen-bond acceptors (Lipinski definition) is 5. The normalized spacial score (nSPS) is 29.3. The lowest BCUT2D eigenvalue weighted by atomic mass is 9.95. The lowest BCUT2D eigenvalue weighted by molar-refractivity contribution is -0.292. The molecule has 3 rings (SSSR count). The number of aliphatic carboxylic acids is 1. The first-order valence-corrected chi connectivity index (χ1v) is 10.00. The minimum absolute atomic E-state index is 0.0954. The van der Waals surface area contributed by atoms with E-state index in [2.05, 4.69) is 29.2 Å². The minimum atomic E-state index is -1.49. The zero-order valence-corrected chi connectivity index (χ0v) is 15.8. The van der Waals surface area contributed by atoms with Crippen molar-refractivity contribution < 1.29 is 19.4 Å². The molecule has 2 aliphatic rings. The third-order valence-corrected chi connectivity index (χ3v) is 6.16. The van der Waals surface area contributed by atoms with E-state index in [1.165, 1.54) is 17.5 Å². The number of unbranched alkanes of at least 4 members (excludes halogenated alkanes) is 1. The molecule has 2 aliphatic heterocycles. The maximum atomic E-state index is 11.2. The molecule has 0 saturated carbocycles. The first kappa shape index (κ1) is 18.5. The van der Waals surface area contributed by atoms with Crippen molar-refractivity contribution >= 4 is 23.4 Å². The van der Waals surface area contributed by atoms with Crippen LogP contribution in [0.2, 0.25) is 0 Å². The molecule has 1 fully saturated rings. The molecule has 3 atom stereocenters. The summed E-state index contributed by atoms with van der Waals surface area (Å²) < 4.78 is 11.1. The Morgan fingerprint density at radius 1 is 1.40 bits per heavy atom. The highest BCUT2D eigenvalue weighted by Crippen LogP contribution is 2.34. The average molecular weight is 365 g/mol. The number of ether oxygens (including phenoxy) is 2. The van der Waals surface area contributed by atoms with E-state index in [1.54, 1.807) is 0 Å². The van der Waals surface area contributed by atoms with Gasteiger partial charge in [0.1, 0.15) is 0 Å². The van der Waals surface area contributed by atoms with Gasteiger partial charge in [-0.05, 0) is 31.9 Å². The van der Waals surface area contributed by atoms with Crippen molar-refractivity contribution in [2.75, 3.05) is 30.3 Å². The summed E-state index contributed by atoms with van der Waals surface area (Å²) in [5, 5.41) is 9.18. The van der Waals surface area contributed by atoms with Crippen molar-refractivity contribution in [2.24, 2.45) is 5.92 Å². The zero-order valence-electron chi connectivity index (χ0n) is 14.9. The van der Waals surface area contributed by atoms with Crippen LogP contribution >= 0.6 is 11.8 Å². The molecule has 6 heteroatoms. The summed E-state index contributed by atoms with van der Waals surface area (Å²) >= 11 is 1.93. The molecule has 3 unspecified atom stereocenters. The third kappa shape index (κ3) is 4.30. The van der Waals surface area contributed by atoms with E-state index in [0.29, 0.717) is 6.61 Å². The standard InChI is InChI=1S/C19H27NO4S/c1-14-15(13-23-19(2,24-14)18(21)22)7-5-6-10-20-11-12-25-17-9-4-3-8-16(17)20/h3-4,8-9,14-15H,5-7,10-13H2,1-2H3,(H,21,22). The molecule has 1 aromatic rings. The summed E-state index contributed by atoms with van der Waals surface area (Å²) in [5.74, 6) is -1.15. The van der Waals surface area contributed by atoms with Crippen molar-refractivity contribution in [1.82, 2.24) is 0 Å². The fourth-order valence-electron chi connectivity index (χ4n) is 3.48. The number of anilines is 1. The summed E-state index contributed by atoms with van der Waals surface area (Å²) in [6.45, 7) is 6.05. The Hall–Kier alpha value is -1.24. The van der Waals surface area contributed by atoms with Crippen molar-refractivity contribution in [3.05, 3.63) is 24.3 Å². The van der Waals surface area contributed by atoms with Crippen LogP contribution in [-0.2, 0) is 14.3 Å². The summed E-state index contributed by atoms with van der Waals surface area (Å²) in [5.41, 5.74) is 1.36. The van der Waals surface area contributed by atoms with Crippen LogP contribution in [0.3, 0.4) is 0 Å². The number of nitrogens with zero attached hydrogens (tertiary/aromatic N) is 1. The maximum Gasteiger partial charge on any atom is 0.364 e. The molecule has 1 saturated heterocycles. The van der Waals surface area contributed by atoms with Crippen LogP contribution < -0.4 is 4.90 Å². The second-order valence-electron chi connectivity index (χ2n) is 6.94. The van der Waals surface area contributed by atoms with Gasteiger partial charge >= 0.3 is 5.97 Å². The number of rotatable bonds is 6. The summed E-state index contributed by atoms with van der Waals surface area (Å²) in [4.78, 5) is 15.1. The molecular formula is C19H27NO4S. The Bertz CT molecular complexity index is 611. The van der Waals surface area contributed by atoms with Gasteiger partial charge in [0.25, 0.3) is 5.79 Å². The molecule has 0 aromatic heterocycles. The molecule has 0 aliphatic carbocycles. The molecule has 138 valence electrons. The van der Waals surface area contributed by atoms with E-state index in [9.17, 15) is 9.90 Å². The van der Waals surface area contributed by atoms with Gasteiger partial charge in [0.2, 0.25) is 0 Å². The second-order valence-corrected chi connectivity index (χ2v) is 8.08. The van der Waals surface area contributed by atoms with Gasteiger partial charge in [-0.15, -0.1) is 11.8 Å². The minimum Gasteiger partial charge on any atom is -0.477 e. The first-order valence-electron chi connectivity index (χ1n) is 9.01. The van der Waals surface area contributed by atoms with Gasteiger partial charge < -0.3 is 19.5 Å². The molecule has 0 spiro atoms. The maximum absolute atomic E-state index is 11.2. The lowest BCUT2D eigenvalue weighted by Crippen LogP contribution is -2.51. The van der Waals surface area contributed by atoms with Crippen molar-refractivity contribution in [3.63, 3.8) is 0 Å². The molecule has 25 heavy (non-hydrogen) atoms. The van der Waals surface area contributed by atoms with Crippen LogP contribution in [-0.4, -0.2) is 48.4 Å². The Morgan fingerprint density at radius 3 is 2.96 bits per heavy atom. The van der Waals surface area contributed by atoms with E-state index in [-0.39, 0.29) is 12.0 Å². The number of hydrogen-bond donors (Lipinski definition) is 1. The van der Waals surface area contributed by atoms with Crippen LogP contribution in [0.1, 0.15) is 33.1 Å². The summed E-state index contributed by atoms with van der Waals surface area (Å²) in [7, 11) is 0. The van der Waals surface area contributed by atoms with E-state index >= 15 is 0 Å². The summed E-state index contributed by atoms with van der Waals surface area (Å²) in [6, 6.07) is 8.61. The Kier molecular flexibility index (Phi) is 5.92.